The summed E-state index contributed by atoms with van der Waals surface area (Å²) in [6.07, 6.45) is 3.07. The SMILES string of the molecule is CSc1ncc2c(O)c(C(=O)O)c(=O)n(C)c2n1. The van der Waals surface area contributed by atoms with Crippen molar-refractivity contribution in [3.63, 3.8) is 0 Å². The van der Waals surface area contributed by atoms with Crippen LogP contribution in [0.5, 0.6) is 5.75 Å². The minimum atomic E-state index is -1.48. The van der Waals surface area contributed by atoms with E-state index in [-0.39, 0.29) is 11.0 Å². The van der Waals surface area contributed by atoms with Crippen molar-refractivity contribution in [1.82, 2.24) is 14.5 Å². The number of carbonyl (C=O) groups is 1. The third-order valence-corrected chi connectivity index (χ3v) is 3.03. The zero-order valence-corrected chi connectivity index (χ0v) is 10.4. The van der Waals surface area contributed by atoms with Gasteiger partial charge in [-0.2, -0.15) is 0 Å². The molecule has 0 atom stereocenters. The monoisotopic (exact) mass is 267 g/mol. The molecule has 8 heteroatoms. The van der Waals surface area contributed by atoms with E-state index < -0.39 is 22.8 Å². The van der Waals surface area contributed by atoms with Gasteiger partial charge >= 0.3 is 5.97 Å². The van der Waals surface area contributed by atoms with Crippen molar-refractivity contribution < 1.29 is 15.0 Å². The van der Waals surface area contributed by atoms with Crippen molar-refractivity contribution in [1.29, 1.82) is 0 Å². The van der Waals surface area contributed by atoms with Crippen molar-refractivity contribution >= 4 is 28.8 Å². The number of hydrogen-bond donors (Lipinski definition) is 2. The Kier molecular flexibility index (Phi) is 2.95. The zero-order valence-electron chi connectivity index (χ0n) is 9.54. The van der Waals surface area contributed by atoms with Gasteiger partial charge in [0.25, 0.3) is 5.56 Å². The summed E-state index contributed by atoms with van der Waals surface area (Å²) in [5.41, 5.74) is -1.29. The van der Waals surface area contributed by atoms with Crippen molar-refractivity contribution in [2.45, 2.75) is 5.16 Å². The van der Waals surface area contributed by atoms with E-state index in [2.05, 4.69) is 9.97 Å². The fourth-order valence-corrected chi connectivity index (χ4v) is 1.91. The molecule has 7 nitrogen and oxygen atoms in total. The number of aromatic nitrogens is 3. The van der Waals surface area contributed by atoms with Crippen LogP contribution in [0.1, 0.15) is 10.4 Å². The van der Waals surface area contributed by atoms with Gasteiger partial charge in [0, 0.05) is 13.2 Å². The van der Waals surface area contributed by atoms with Crippen LogP contribution in [0, 0.1) is 0 Å². The molecule has 2 rings (SSSR count). The van der Waals surface area contributed by atoms with Crippen molar-refractivity contribution in [3.8, 4) is 5.75 Å². The summed E-state index contributed by atoms with van der Waals surface area (Å²) < 4.78 is 1.08. The summed E-state index contributed by atoms with van der Waals surface area (Å²) in [5.74, 6) is -2.09. The lowest BCUT2D eigenvalue weighted by molar-refractivity contribution is 0.0691. The Morgan fingerprint density at radius 3 is 2.72 bits per heavy atom. The molecule has 0 saturated heterocycles. The number of pyridine rings is 1. The maximum absolute atomic E-state index is 11.8. The lowest BCUT2D eigenvalue weighted by Crippen LogP contribution is -2.25. The van der Waals surface area contributed by atoms with E-state index in [0.717, 1.165) is 4.57 Å². The molecule has 0 fully saturated rings. The predicted molar refractivity (Wildman–Crippen MR) is 65.2 cm³/mol. The third kappa shape index (κ3) is 1.70. The van der Waals surface area contributed by atoms with E-state index in [0.29, 0.717) is 5.16 Å². The highest BCUT2D eigenvalue weighted by atomic mass is 32.2. The summed E-state index contributed by atoms with van der Waals surface area (Å²) in [6, 6.07) is 0. The first-order chi connectivity index (χ1) is 8.47. The number of aromatic carboxylic acids is 1. The standard InChI is InChI=1S/C10H9N3O4S/c1-13-7-4(3-11-10(12-7)18-2)6(14)5(8(13)15)9(16)17/h3,14H,1-2H3,(H,16,17). The van der Waals surface area contributed by atoms with Crippen LogP contribution in [-0.4, -0.2) is 37.0 Å². The van der Waals surface area contributed by atoms with Gasteiger partial charge in [-0.1, -0.05) is 11.8 Å². The first-order valence-electron chi connectivity index (χ1n) is 4.83. The number of fused-ring (bicyclic) bond motifs is 1. The molecule has 0 amide bonds. The normalized spacial score (nSPS) is 10.8. The second kappa shape index (κ2) is 4.30. The molecule has 2 aromatic rings. The number of thioether (sulfide) groups is 1. The molecule has 2 heterocycles. The van der Waals surface area contributed by atoms with Gasteiger partial charge in [-0.3, -0.25) is 9.36 Å². The molecule has 0 aromatic carbocycles. The summed E-state index contributed by atoms with van der Waals surface area (Å²) in [4.78, 5) is 30.8. The Bertz CT molecular complexity index is 710. The topological polar surface area (TPSA) is 105 Å². The highest BCUT2D eigenvalue weighted by molar-refractivity contribution is 7.98. The Morgan fingerprint density at radius 1 is 1.50 bits per heavy atom. The van der Waals surface area contributed by atoms with Gasteiger partial charge in [-0.15, -0.1) is 0 Å². The molecule has 0 unspecified atom stereocenters. The molecular formula is C10H9N3O4S. The molecule has 2 aromatic heterocycles. The van der Waals surface area contributed by atoms with Gasteiger partial charge in [-0.25, -0.2) is 14.8 Å². The van der Waals surface area contributed by atoms with Crippen molar-refractivity contribution in [2.24, 2.45) is 7.05 Å². The van der Waals surface area contributed by atoms with Crippen LogP contribution in [0.2, 0.25) is 0 Å². The Morgan fingerprint density at radius 2 is 2.17 bits per heavy atom. The molecule has 2 N–H and O–H groups in total. The van der Waals surface area contributed by atoms with Gasteiger partial charge in [0.2, 0.25) is 0 Å². The van der Waals surface area contributed by atoms with Crippen LogP contribution in [0.3, 0.4) is 0 Å². The van der Waals surface area contributed by atoms with E-state index in [9.17, 15) is 14.7 Å². The average molecular weight is 267 g/mol. The summed E-state index contributed by atoms with van der Waals surface area (Å²) >= 11 is 1.28. The van der Waals surface area contributed by atoms with Gasteiger partial charge in [0.1, 0.15) is 5.75 Å². The number of carboxylic acids is 1. The fourth-order valence-electron chi connectivity index (χ4n) is 1.57. The highest BCUT2D eigenvalue weighted by Gasteiger charge is 2.21. The highest BCUT2D eigenvalue weighted by Crippen LogP contribution is 2.25. The quantitative estimate of drug-likeness (QED) is 0.601. The zero-order chi connectivity index (χ0) is 13.4. The van der Waals surface area contributed by atoms with Crippen molar-refractivity contribution in [3.05, 3.63) is 22.1 Å². The fraction of sp³-hybridized carbons (Fsp3) is 0.200. The molecule has 0 bridgehead atoms. The van der Waals surface area contributed by atoms with Crippen LogP contribution >= 0.6 is 11.8 Å². The summed E-state index contributed by atoms with van der Waals surface area (Å²) in [6.45, 7) is 0. The number of hydrogen-bond acceptors (Lipinski definition) is 6. The van der Waals surface area contributed by atoms with Gasteiger partial charge < -0.3 is 10.2 Å². The molecular weight excluding hydrogens is 258 g/mol. The molecule has 18 heavy (non-hydrogen) atoms. The van der Waals surface area contributed by atoms with Crippen LogP contribution in [-0.2, 0) is 7.05 Å². The van der Waals surface area contributed by atoms with E-state index in [1.165, 1.54) is 25.0 Å². The molecule has 94 valence electrons. The number of aromatic hydroxyl groups is 1. The van der Waals surface area contributed by atoms with Crippen LogP contribution < -0.4 is 5.56 Å². The minimum absolute atomic E-state index is 0.132. The van der Waals surface area contributed by atoms with E-state index in [1.807, 2.05) is 0 Å². The first kappa shape index (κ1) is 12.4. The smallest absolute Gasteiger partial charge is 0.345 e. The summed E-state index contributed by atoms with van der Waals surface area (Å²) in [7, 11) is 1.40. The first-order valence-corrected chi connectivity index (χ1v) is 6.05. The Hall–Kier alpha value is -2.09. The van der Waals surface area contributed by atoms with Crippen LogP contribution in [0.4, 0.5) is 0 Å². The van der Waals surface area contributed by atoms with Gasteiger partial charge in [0.05, 0.1) is 5.39 Å². The second-order valence-electron chi connectivity index (χ2n) is 3.49. The number of aryl methyl sites for hydroxylation is 1. The number of carboxylic acid groups (broad SMARTS) is 1. The second-order valence-corrected chi connectivity index (χ2v) is 4.26. The van der Waals surface area contributed by atoms with Crippen LogP contribution in [0.25, 0.3) is 11.0 Å². The van der Waals surface area contributed by atoms with E-state index in [1.54, 1.807) is 6.26 Å². The summed E-state index contributed by atoms with van der Waals surface area (Å²) in [5, 5.41) is 19.3. The molecule has 0 radical (unpaired) electrons. The molecule has 0 aliphatic carbocycles. The van der Waals surface area contributed by atoms with E-state index in [4.69, 9.17) is 5.11 Å². The maximum atomic E-state index is 11.8. The van der Waals surface area contributed by atoms with Crippen LogP contribution in [0.15, 0.2) is 16.1 Å². The Labute approximate surface area is 105 Å². The lowest BCUT2D eigenvalue weighted by atomic mass is 10.2. The predicted octanol–water partition coefficient (Wildman–Crippen LogP) is 0.454. The number of rotatable bonds is 2. The molecule has 0 spiro atoms. The molecule has 0 saturated carbocycles. The largest absolute Gasteiger partial charge is 0.506 e. The lowest BCUT2D eigenvalue weighted by Gasteiger charge is -2.08. The number of nitrogens with zero attached hydrogens (tertiary/aromatic N) is 3. The molecule has 0 aliphatic rings. The van der Waals surface area contributed by atoms with Crippen molar-refractivity contribution in [2.75, 3.05) is 6.26 Å². The molecule has 0 aliphatic heterocycles. The minimum Gasteiger partial charge on any atom is -0.506 e. The third-order valence-electron chi connectivity index (χ3n) is 2.47. The maximum Gasteiger partial charge on any atom is 0.345 e. The van der Waals surface area contributed by atoms with E-state index >= 15 is 0 Å². The van der Waals surface area contributed by atoms with Gasteiger partial charge in [0.15, 0.2) is 16.4 Å². The van der Waals surface area contributed by atoms with Gasteiger partial charge in [-0.05, 0) is 6.26 Å². The average Bonchev–Trinajstić information content (AvgIpc) is 2.35. The Balaban J connectivity index is 2.97.